The molecule has 2 aromatic carbocycles. The number of pyridine rings is 1. The highest BCUT2D eigenvalue weighted by molar-refractivity contribution is 6.04. The number of rotatable bonds is 5. The molecule has 6 nitrogen and oxygen atoms in total. The van der Waals surface area contributed by atoms with E-state index in [2.05, 4.69) is 10.3 Å². The van der Waals surface area contributed by atoms with Gasteiger partial charge >= 0.3 is 5.97 Å². The van der Waals surface area contributed by atoms with E-state index in [0.29, 0.717) is 22.5 Å². The first-order valence-corrected chi connectivity index (χ1v) is 8.50. The van der Waals surface area contributed by atoms with Gasteiger partial charge in [-0.3, -0.25) is 9.78 Å². The van der Waals surface area contributed by atoms with Crippen molar-refractivity contribution in [3.63, 3.8) is 0 Å². The molecule has 27 heavy (non-hydrogen) atoms. The van der Waals surface area contributed by atoms with Gasteiger partial charge in [0.15, 0.2) is 6.10 Å². The van der Waals surface area contributed by atoms with Crippen LogP contribution in [0.15, 0.2) is 54.7 Å². The lowest BCUT2D eigenvalue weighted by atomic mass is 10.1. The van der Waals surface area contributed by atoms with Crippen molar-refractivity contribution in [2.75, 3.05) is 12.4 Å². The van der Waals surface area contributed by atoms with Crippen molar-refractivity contribution in [2.24, 2.45) is 0 Å². The number of nitrogens with zero attached hydrogens (tertiary/aromatic N) is 1. The van der Waals surface area contributed by atoms with Crippen LogP contribution in [0.4, 0.5) is 5.69 Å². The molecule has 0 aliphatic rings. The molecule has 1 atom stereocenters. The minimum absolute atomic E-state index is 0.320. The van der Waals surface area contributed by atoms with E-state index in [1.54, 1.807) is 36.5 Å². The zero-order valence-corrected chi connectivity index (χ0v) is 15.4. The number of fused-ring (bicyclic) bond motifs is 1. The summed E-state index contributed by atoms with van der Waals surface area (Å²) in [4.78, 5) is 29.2. The smallest absolute Gasteiger partial charge is 0.341 e. The number of carbonyl (C=O) groups excluding carboxylic acids is 2. The zero-order valence-electron chi connectivity index (χ0n) is 15.4. The average molecular weight is 364 g/mol. The SMILES string of the molecule is COc1ccc(C)cc1NC(=O)[C@@H](C)OC(=O)c1cccc2cccnc12. The fourth-order valence-electron chi connectivity index (χ4n) is 2.70. The van der Waals surface area contributed by atoms with E-state index in [-0.39, 0.29) is 0 Å². The van der Waals surface area contributed by atoms with Gasteiger partial charge in [0.2, 0.25) is 0 Å². The molecule has 0 saturated heterocycles. The highest BCUT2D eigenvalue weighted by Crippen LogP contribution is 2.25. The number of nitrogens with one attached hydrogen (secondary N) is 1. The number of amides is 1. The lowest BCUT2D eigenvalue weighted by Crippen LogP contribution is -2.30. The van der Waals surface area contributed by atoms with Gasteiger partial charge in [0, 0.05) is 11.6 Å². The van der Waals surface area contributed by atoms with E-state index in [0.717, 1.165) is 10.9 Å². The van der Waals surface area contributed by atoms with Gasteiger partial charge in [-0.1, -0.05) is 24.3 Å². The van der Waals surface area contributed by atoms with Gasteiger partial charge in [-0.15, -0.1) is 0 Å². The Hall–Kier alpha value is -3.41. The summed E-state index contributed by atoms with van der Waals surface area (Å²) in [5.74, 6) is -0.510. The van der Waals surface area contributed by atoms with Gasteiger partial charge in [-0.05, 0) is 43.7 Å². The molecule has 0 spiro atoms. The molecule has 0 fully saturated rings. The molecular weight excluding hydrogens is 344 g/mol. The number of carbonyl (C=O) groups is 2. The molecule has 1 aromatic heterocycles. The van der Waals surface area contributed by atoms with Gasteiger partial charge in [-0.2, -0.15) is 0 Å². The van der Waals surface area contributed by atoms with Crippen LogP contribution in [-0.4, -0.2) is 30.1 Å². The van der Waals surface area contributed by atoms with Crippen molar-refractivity contribution < 1.29 is 19.1 Å². The van der Waals surface area contributed by atoms with E-state index in [4.69, 9.17) is 9.47 Å². The molecule has 0 saturated carbocycles. The molecule has 0 bridgehead atoms. The second kappa shape index (κ2) is 7.86. The Morgan fingerprint density at radius 3 is 2.67 bits per heavy atom. The number of ether oxygens (including phenoxy) is 2. The Morgan fingerprint density at radius 2 is 1.89 bits per heavy atom. The molecule has 6 heteroatoms. The van der Waals surface area contributed by atoms with Crippen LogP contribution in [0.2, 0.25) is 0 Å². The number of aryl methyl sites for hydroxylation is 1. The third kappa shape index (κ3) is 4.06. The summed E-state index contributed by atoms with van der Waals surface area (Å²) in [6, 6.07) is 14.3. The average Bonchev–Trinajstić information content (AvgIpc) is 2.67. The van der Waals surface area contributed by atoms with Crippen LogP contribution in [0.5, 0.6) is 5.75 Å². The number of esters is 1. The highest BCUT2D eigenvalue weighted by Gasteiger charge is 2.21. The van der Waals surface area contributed by atoms with Crippen LogP contribution in [0.1, 0.15) is 22.8 Å². The van der Waals surface area contributed by atoms with Gasteiger partial charge in [-0.25, -0.2) is 4.79 Å². The van der Waals surface area contributed by atoms with Crippen molar-refractivity contribution in [2.45, 2.75) is 20.0 Å². The van der Waals surface area contributed by atoms with Crippen molar-refractivity contribution in [3.05, 3.63) is 65.9 Å². The molecule has 3 aromatic rings. The molecular formula is C21H20N2O4. The Kier molecular flexibility index (Phi) is 5.35. The van der Waals surface area contributed by atoms with Crippen LogP contribution >= 0.6 is 0 Å². The number of hydrogen-bond acceptors (Lipinski definition) is 5. The number of para-hydroxylation sites is 1. The van der Waals surface area contributed by atoms with E-state index < -0.39 is 18.0 Å². The Morgan fingerprint density at radius 1 is 1.11 bits per heavy atom. The summed E-state index contributed by atoms with van der Waals surface area (Å²) in [7, 11) is 1.53. The van der Waals surface area contributed by atoms with E-state index in [1.807, 2.05) is 25.1 Å². The number of benzene rings is 2. The van der Waals surface area contributed by atoms with E-state index in [1.165, 1.54) is 14.0 Å². The van der Waals surface area contributed by atoms with Gasteiger partial charge < -0.3 is 14.8 Å². The van der Waals surface area contributed by atoms with Crippen LogP contribution < -0.4 is 10.1 Å². The molecule has 3 rings (SSSR count). The quantitative estimate of drug-likeness (QED) is 0.698. The molecule has 1 heterocycles. The summed E-state index contributed by atoms with van der Waals surface area (Å²) in [6.07, 6.45) is 0.626. The largest absolute Gasteiger partial charge is 0.495 e. The van der Waals surface area contributed by atoms with Crippen molar-refractivity contribution >= 4 is 28.5 Å². The summed E-state index contributed by atoms with van der Waals surface area (Å²) in [5, 5.41) is 3.57. The second-order valence-electron chi connectivity index (χ2n) is 6.12. The first-order valence-electron chi connectivity index (χ1n) is 8.50. The Balaban J connectivity index is 1.74. The third-order valence-electron chi connectivity index (χ3n) is 4.12. The van der Waals surface area contributed by atoms with Crippen LogP contribution in [0.3, 0.4) is 0 Å². The van der Waals surface area contributed by atoms with E-state index in [9.17, 15) is 9.59 Å². The first-order chi connectivity index (χ1) is 13.0. The predicted octanol–water partition coefficient (Wildman–Crippen LogP) is 3.74. The Labute approximate surface area is 157 Å². The lowest BCUT2D eigenvalue weighted by molar-refractivity contribution is -0.123. The maximum Gasteiger partial charge on any atom is 0.341 e. The Bertz CT molecular complexity index is 995. The van der Waals surface area contributed by atoms with Crippen molar-refractivity contribution in [1.29, 1.82) is 0 Å². The maximum atomic E-state index is 12.5. The van der Waals surface area contributed by atoms with Crippen LogP contribution in [0.25, 0.3) is 10.9 Å². The molecule has 1 amide bonds. The molecule has 138 valence electrons. The molecule has 1 N–H and O–H groups in total. The minimum atomic E-state index is -0.985. The summed E-state index contributed by atoms with van der Waals surface area (Å²) in [6.45, 7) is 3.43. The monoisotopic (exact) mass is 364 g/mol. The minimum Gasteiger partial charge on any atom is -0.495 e. The molecule has 0 unspecified atom stereocenters. The third-order valence-corrected chi connectivity index (χ3v) is 4.12. The maximum absolute atomic E-state index is 12.5. The number of methoxy groups -OCH3 is 1. The fraction of sp³-hybridized carbons (Fsp3) is 0.190. The van der Waals surface area contributed by atoms with Gasteiger partial charge in [0.1, 0.15) is 5.75 Å². The summed E-state index contributed by atoms with van der Waals surface area (Å²) < 4.78 is 10.6. The summed E-state index contributed by atoms with van der Waals surface area (Å²) in [5.41, 5.74) is 2.36. The predicted molar refractivity (Wildman–Crippen MR) is 103 cm³/mol. The first kappa shape index (κ1) is 18.4. The van der Waals surface area contributed by atoms with Gasteiger partial charge in [0.05, 0.1) is 23.9 Å². The fourth-order valence-corrected chi connectivity index (χ4v) is 2.70. The normalized spacial score (nSPS) is 11.7. The zero-order chi connectivity index (χ0) is 19.4. The highest BCUT2D eigenvalue weighted by atomic mass is 16.5. The van der Waals surface area contributed by atoms with E-state index >= 15 is 0 Å². The number of hydrogen-bond donors (Lipinski definition) is 1. The topological polar surface area (TPSA) is 77.5 Å². The molecule has 0 aliphatic carbocycles. The molecule has 0 aliphatic heterocycles. The molecule has 0 radical (unpaired) electrons. The van der Waals surface area contributed by atoms with Crippen molar-refractivity contribution in [3.8, 4) is 5.75 Å². The standard InChI is InChI=1S/C21H20N2O4/c1-13-9-10-18(26-3)17(12-13)23-20(24)14(2)27-21(25)16-8-4-6-15-7-5-11-22-19(15)16/h4-12,14H,1-3H3,(H,23,24)/t14-/m1/s1. The second-order valence-corrected chi connectivity index (χ2v) is 6.12. The lowest BCUT2D eigenvalue weighted by Gasteiger charge is -2.16. The van der Waals surface area contributed by atoms with Gasteiger partial charge in [0.25, 0.3) is 5.91 Å². The van der Waals surface area contributed by atoms with Crippen LogP contribution in [-0.2, 0) is 9.53 Å². The number of anilines is 1. The summed E-state index contributed by atoms with van der Waals surface area (Å²) >= 11 is 0. The number of aromatic nitrogens is 1. The van der Waals surface area contributed by atoms with Crippen LogP contribution in [0, 0.1) is 6.92 Å². The van der Waals surface area contributed by atoms with Crippen molar-refractivity contribution in [1.82, 2.24) is 4.98 Å².